The highest BCUT2D eigenvalue weighted by Crippen LogP contribution is 2.18. The summed E-state index contributed by atoms with van der Waals surface area (Å²) in [6.45, 7) is 2.95. The molecule has 2 aromatic rings. The Bertz CT molecular complexity index is 726. The fraction of sp³-hybridized carbons (Fsp3) is 0.333. The summed E-state index contributed by atoms with van der Waals surface area (Å²) in [7, 11) is 0. The van der Waals surface area contributed by atoms with E-state index in [-0.39, 0.29) is 11.9 Å². The van der Waals surface area contributed by atoms with Crippen LogP contribution in [-0.4, -0.2) is 18.5 Å². The lowest BCUT2D eigenvalue weighted by Crippen LogP contribution is -2.25. The van der Waals surface area contributed by atoms with E-state index in [1.165, 1.54) is 25.7 Å². The highest BCUT2D eigenvalue weighted by atomic mass is 16.5. The van der Waals surface area contributed by atoms with Gasteiger partial charge in [-0.2, -0.15) is 4.99 Å². The Balaban J connectivity index is 1.82. The molecule has 0 bridgehead atoms. The highest BCUT2D eigenvalue weighted by Gasteiger charge is 1.98. The van der Waals surface area contributed by atoms with E-state index >= 15 is 0 Å². The van der Waals surface area contributed by atoms with Gasteiger partial charge >= 0.3 is 0 Å². The first-order valence-electron chi connectivity index (χ1n) is 9.40. The molecule has 2 rings (SSSR count). The van der Waals surface area contributed by atoms with Crippen LogP contribution in [0.1, 0.15) is 39.0 Å². The maximum Gasteiger partial charge on any atom is 0.223 e. The van der Waals surface area contributed by atoms with Crippen molar-refractivity contribution >= 4 is 23.3 Å². The molecule has 0 aliphatic rings. The summed E-state index contributed by atoms with van der Waals surface area (Å²) in [5.74, 6) is 1.10. The third-order valence-corrected chi connectivity index (χ3v) is 3.88. The van der Waals surface area contributed by atoms with Crippen LogP contribution in [0.5, 0.6) is 5.75 Å². The number of rotatable bonds is 9. The van der Waals surface area contributed by atoms with E-state index in [9.17, 15) is 0 Å². The molecule has 6 nitrogen and oxygen atoms in total. The standard InChI is InChI=1S/C21H29N5O/c1-2-3-4-5-9-16-27-19-14-12-18(13-15-19)25-21(23)26-20(22)24-17-10-7-6-8-11-17/h6-8,10-15H,2-5,9,16H2,1H3,(H5,22,23,24,25,26). The monoisotopic (exact) mass is 367 g/mol. The molecule has 0 aromatic heterocycles. The number of anilines is 1. The fourth-order valence-corrected chi connectivity index (χ4v) is 2.49. The smallest absolute Gasteiger partial charge is 0.223 e. The first-order valence-corrected chi connectivity index (χ1v) is 9.40. The van der Waals surface area contributed by atoms with E-state index in [2.05, 4.69) is 22.2 Å². The summed E-state index contributed by atoms with van der Waals surface area (Å²) in [5.41, 5.74) is 13.2. The number of unbranched alkanes of at least 4 members (excludes halogenated alkanes) is 4. The maximum atomic E-state index is 5.85. The molecule has 2 aromatic carbocycles. The van der Waals surface area contributed by atoms with Gasteiger partial charge in [-0.3, -0.25) is 0 Å². The molecule has 0 spiro atoms. The summed E-state index contributed by atoms with van der Waals surface area (Å²) < 4.78 is 5.74. The number of benzene rings is 2. The Morgan fingerprint density at radius 3 is 2.33 bits per heavy atom. The van der Waals surface area contributed by atoms with Crippen LogP contribution in [0.4, 0.5) is 11.4 Å². The van der Waals surface area contributed by atoms with Gasteiger partial charge in [-0.15, -0.1) is 0 Å². The van der Waals surface area contributed by atoms with Gasteiger partial charge in [0.15, 0.2) is 0 Å². The summed E-state index contributed by atoms with van der Waals surface area (Å²) in [6.07, 6.45) is 6.11. The van der Waals surface area contributed by atoms with E-state index in [4.69, 9.17) is 16.2 Å². The van der Waals surface area contributed by atoms with E-state index in [1.807, 2.05) is 54.6 Å². The summed E-state index contributed by atoms with van der Waals surface area (Å²) >= 11 is 0. The van der Waals surface area contributed by atoms with E-state index in [1.54, 1.807) is 0 Å². The van der Waals surface area contributed by atoms with Crippen molar-refractivity contribution in [3.8, 4) is 5.75 Å². The molecular weight excluding hydrogens is 338 g/mol. The third kappa shape index (κ3) is 8.27. The predicted molar refractivity (Wildman–Crippen MR) is 114 cm³/mol. The van der Waals surface area contributed by atoms with Gasteiger partial charge < -0.3 is 21.5 Å². The lowest BCUT2D eigenvalue weighted by molar-refractivity contribution is 0.304. The lowest BCUT2D eigenvalue weighted by Gasteiger charge is -2.06. The molecule has 27 heavy (non-hydrogen) atoms. The molecule has 5 N–H and O–H groups in total. The third-order valence-electron chi connectivity index (χ3n) is 3.88. The number of nitrogens with one attached hydrogen (secondary N) is 1. The van der Waals surface area contributed by atoms with Gasteiger partial charge in [-0.25, -0.2) is 4.99 Å². The van der Waals surface area contributed by atoms with Crippen LogP contribution in [0.3, 0.4) is 0 Å². The van der Waals surface area contributed by atoms with Gasteiger partial charge in [0, 0.05) is 5.69 Å². The van der Waals surface area contributed by atoms with Crippen LogP contribution in [0, 0.1) is 0 Å². The van der Waals surface area contributed by atoms with Crippen molar-refractivity contribution < 1.29 is 4.74 Å². The molecule has 0 heterocycles. The Morgan fingerprint density at radius 2 is 1.63 bits per heavy atom. The topological polar surface area (TPSA) is 98.0 Å². The Hall–Kier alpha value is -3.02. The highest BCUT2D eigenvalue weighted by molar-refractivity contribution is 6.01. The molecule has 0 saturated heterocycles. The van der Waals surface area contributed by atoms with Gasteiger partial charge in [-0.1, -0.05) is 50.8 Å². The Morgan fingerprint density at radius 1 is 0.926 bits per heavy atom. The number of hydrogen-bond acceptors (Lipinski definition) is 2. The fourth-order valence-electron chi connectivity index (χ4n) is 2.49. The molecule has 0 amide bonds. The minimum atomic E-state index is 0.0838. The number of hydrogen-bond donors (Lipinski definition) is 3. The van der Waals surface area contributed by atoms with E-state index in [0.29, 0.717) is 5.69 Å². The molecule has 0 atom stereocenters. The van der Waals surface area contributed by atoms with E-state index < -0.39 is 0 Å². The second-order valence-corrected chi connectivity index (χ2v) is 6.21. The van der Waals surface area contributed by atoms with Gasteiger partial charge in [-0.05, 0) is 42.8 Å². The molecule has 0 aliphatic carbocycles. The average Bonchev–Trinajstić information content (AvgIpc) is 2.66. The van der Waals surface area contributed by atoms with Gasteiger partial charge in [0.2, 0.25) is 11.9 Å². The molecule has 6 heteroatoms. The summed E-state index contributed by atoms with van der Waals surface area (Å²) in [4.78, 5) is 8.30. The molecule has 0 aliphatic heterocycles. The van der Waals surface area contributed by atoms with Crippen LogP contribution in [-0.2, 0) is 0 Å². The summed E-state index contributed by atoms with van der Waals surface area (Å²) in [6, 6.07) is 17.0. The van der Waals surface area contributed by atoms with Crippen molar-refractivity contribution in [3.05, 3.63) is 54.6 Å². The van der Waals surface area contributed by atoms with Crippen molar-refractivity contribution in [3.63, 3.8) is 0 Å². The molecule has 144 valence electrons. The SMILES string of the molecule is CCCCCCCOc1ccc(N=C(N)/N=C(\N)Nc2ccccc2)cc1. The van der Waals surface area contributed by atoms with Crippen LogP contribution >= 0.6 is 0 Å². The average molecular weight is 367 g/mol. The van der Waals surface area contributed by atoms with Gasteiger partial charge in [0.05, 0.1) is 12.3 Å². The molecular formula is C21H29N5O. The summed E-state index contributed by atoms with van der Waals surface area (Å²) in [5, 5.41) is 2.96. The largest absolute Gasteiger partial charge is 0.494 e. The normalized spacial score (nSPS) is 12.0. The number of ether oxygens (including phenoxy) is 1. The van der Waals surface area contributed by atoms with Crippen molar-refractivity contribution in [2.24, 2.45) is 21.5 Å². The number of aliphatic imine (C=N–C) groups is 2. The van der Waals surface area contributed by atoms with Gasteiger partial charge in [0.25, 0.3) is 0 Å². The lowest BCUT2D eigenvalue weighted by atomic mass is 10.2. The van der Waals surface area contributed by atoms with Crippen LogP contribution < -0.4 is 21.5 Å². The van der Waals surface area contributed by atoms with Crippen molar-refractivity contribution in [1.29, 1.82) is 0 Å². The number of para-hydroxylation sites is 1. The maximum absolute atomic E-state index is 5.85. The van der Waals surface area contributed by atoms with Crippen LogP contribution in [0.15, 0.2) is 64.6 Å². The molecule has 0 unspecified atom stereocenters. The number of guanidine groups is 2. The van der Waals surface area contributed by atoms with Crippen molar-refractivity contribution in [2.75, 3.05) is 11.9 Å². The van der Waals surface area contributed by atoms with Crippen molar-refractivity contribution in [1.82, 2.24) is 0 Å². The molecule has 0 fully saturated rings. The number of nitrogens with zero attached hydrogens (tertiary/aromatic N) is 2. The second kappa shape index (κ2) is 11.6. The molecule has 0 radical (unpaired) electrons. The zero-order valence-electron chi connectivity index (χ0n) is 15.9. The minimum Gasteiger partial charge on any atom is -0.494 e. The quantitative estimate of drug-likeness (QED) is 0.347. The Labute approximate surface area is 161 Å². The second-order valence-electron chi connectivity index (χ2n) is 6.21. The van der Waals surface area contributed by atoms with E-state index in [0.717, 1.165) is 24.5 Å². The first-order chi connectivity index (χ1) is 13.2. The zero-order valence-corrected chi connectivity index (χ0v) is 15.9. The first kappa shape index (κ1) is 20.3. The zero-order chi connectivity index (χ0) is 19.3. The molecule has 0 saturated carbocycles. The predicted octanol–water partition coefficient (Wildman–Crippen LogP) is 4.41. The van der Waals surface area contributed by atoms with Gasteiger partial charge in [0.1, 0.15) is 5.75 Å². The minimum absolute atomic E-state index is 0.0838. The number of nitrogens with two attached hydrogens (primary N) is 2. The van der Waals surface area contributed by atoms with Crippen molar-refractivity contribution in [2.45, 2.75) is 39.0 Å². The Kier molecular flexibility index (Phi) is 8.69. The van der Waals surface area contributed by atoms with Crippen LogP contribution in [0.25, 0.3) is 0 Å². The van der Waals surface area contributed by atoms with Crippen LogP contribution in [0.2, 0.25) is 0 Å².